The van der Waals surface area contributed by atoms with Crippen LogP contribution >= 0.6 is 39.5 Å². The van der Waals surface area contributed by atoms with E-state index in [-0.39, 0.29) is 5.91 Å². The van der Waals surface area contributed by atoms with Crippen LogP contribution in [0, 0.1) is 12.8 Å². The lowest BCUT2D eigenvalue weighted by molar-refractivity contribution is 0.0715. The molecule has 3 nitrogen and oxygen atoms in total. The summed E-state index contributed by atoms with van der Waals surface area (Å²) in [5, 5.41) is 0. The van der Waals surface area contributed by atoms with Crippen molar-refractivity contribution in [2.45, 2.75) is 19.8 Å². The summed E-state index contributed by atoms with van der Waals surface area (Å²) in [7, 11) is 0. The minimum Gasteiger partial charge on any atom is -0.393 e. The van der Waals surface area contributed by atoms with E-state index in [4.69, 9.17) is 18.0 Å². The van der Waals surface area contributed by atoms with E-state index in [0.29, 0.717) is 10.9 Å². The van der Waals surface area contributed by atoms with E-state index < -0.39 is 0 Å². The fraction of sp³-hybridized carbons (Fsp3) is 0.500. The predicted molar refractivity (Wildman–Crippen MR) is 82.2 cm³/mol. The second kappa shape index (κ2) is 5.67. The Balaban J connectivity index is 2.01. The van der Waals surface area contributed by atoms with Crippen LogP contribution in [0.4, 0.5) is 0 Å². The Morgan fingerprint density at radius 3 is 2.61 bits per heavy atom. The number of amides is 1. The molecule has 0 atom stereocenters. The summed E-state index contributed by atoms with van der Waals surface area (Å²) >= 11 is 9.95. The number of thiophene rings is 1. The lowest BCUT2D eigenvalue weighted by atomic mass is 9.97. The molecule has 1 aromatic heterocycles. The van der Waals surface area contributed by atoms with E-state index in [1.807, 2.05) is 17.9 Å². The topological polar surface area (TPSA) is 46.3 Å². The quantitative estimate of drug-likeness (QED) is 0.837. The zero-order chi connectivity index (χ0) is 13.3. The lowest BCUT2D eigenvalue weighted by Gasteiger charge is -2.31. The van der Waals surface area contributed by atoms with E-state index in [1.54, 1.807) is 0 Å². The predicted octanol–water partition coefficient (Wildman–Crippen LogP) is 2.96. The number of carbonyl (C=O) groups is 1. The summed E-state index contributed by atoms with van der Waals surface area (Å²) in [5.41, 5.74) is 6.76. The summed E-state index contributed by atoms with van der Waals surface area (Å²) in [6.07, 6.45) is 1.76. The second-order valence-electron chi connectivity index (χ2n) is 4.54. The Kier molecular flexibility index (Phi) is 4.40. The maximum absolute atomic E-state index is 12.3. The average molecular weight is 347 g/mol. The Labute approximate surface area is 124 Å². The first-order chi connectivity index (χ1) is 8.49. The fourth-order valence-electron chi connectivity index (χ4n) is 2.09. The van der Waals surface area contributed by atoms with Gasteiger partial charge in [-0.25, -0.2) is 0 Å². The maximum Gasteiger partial charge on any atom is 0.263 e. The third-order valence-corrected chi connectivity index (χ3v) is 5.71. The van der Waals surface area contributed by atoms with Gasteiger partial charge in [0.2, 0.25) is 0 Å². The highest BCUT2D eigenvalue weighted by molar-refractivity contribution is 9.11. The molecule has 0 aliphatic carbocycles. The Bertz CT molecular complexity index is 459. The molecule has 1 aromatic rings. The maximum atomic E-state index is 12.3. The van der Waals surface area contributed by atoms with Crippen LogP contribution in [0.2, 0.25) is 0 Å². The van der Waals surface area contributed by atoms with Crippen molar-refractivity contribution in [1.29, 1.82) is 0 Å². The molecule has 0 aromatic carbocycles. The Morgan fingerprint density at radius 2 is 2.17 bits per heavy atom. The van der Waals surface area contributed by atoms with E-state index >= 15 is 0 Å². The molecular formula is C12H15BrN2OS2. The Morgan fingerprint density at radius 1 is 1.56 bits per heavy atom. The van der Waals surface area contributed by atoms with Crippen molar-refractivity contribution in [2.75, 3.05) is 13.1 Å². The monoisotopic (exact) mass is 346 g/mol. The van der Waals surface area contributed by atoms with Gasteiger partial charge in [0.05, 0.1) is 13.7 Å². The van der Waals surface area contributed by atoms with Crippen LogP contribution in [-0.4, -0.2) is 28.9 Å². The van der Waals surface area contributed by atoms with Crippen LogP contribution in [0.3, 0.4) is 0 Å². The molecule has 0 spiro atoms. The first kappa shape index (κ1) is 14.0. The number of rotatable bonds is 2. The van der Waals surface area contributed by atoms with Gasteiger partial charge < -0.3 is 10.6 Å². The number of likely N-dealkylation sites (tertiary alicyclic amines) is 1. The van der Waals surface area contributed by atoms with Crippen molar-refractivity contribution in [2.24, 2.45) is 11.7 Å². The van der Waals surface area contributed by atoms with Gasteiger partial charge in [-0.3, -0.25) is 4.79 Å². The van der Waals surface area contributed by atoms with Gasteiger partial charge in [0, 0.05) is 19.0 Å². The third-order valence-electron chi connectivity index (χ3n) is 3.25. The van der Waals surface area contributed by atoms with Crippen molar-refractivity contribution in [3.05, 3.63) is 20.3 Å². The molecule has 0 saturated carbocycles. The first-order valence-corrected chi connectivity index (χ1v) is 7.85. The number of hydrogen-bond donors (Lipinski definition) is 1. The zero-order valence-electron chi connectivity index (χ0n) is 10.1. The molecule has 2 N–H and O–H groups in total. The number of carbonyl (C=O) groups excluding carboxylic acids is 1. The minimum atomic E-state index is 0.121. The molecule has 0 unspecified atom stereocenters. The number of thiocarbonyl (C=S) groups is 1. The van der Waals surface area contributed by atoms with Crippen molar-refractivity contribution in [3.63, 3.8) is 0 Å². The molecule has 98 valence electrons. The van der Waals surface area contributed by atoms with Crippen LogP contribution in [-0.2, 0) is 0 Å². The van der Waals surface area contributed by atoms with Crippen molar-refractivity contribution < 1.29 is 4.79 Å². The van der Waals surface area contributed by atoms with Gasteiger partial charge >= 0.3 is 0 Å². The van der Waals surface area contributed by atoms with Crippen LogP contribution in [0.1, 0.15) is 28.1 Å². The summed E-state index contributed by atoms with van der Waals surface area (Å²) in [6.45, 7) is 3.49. The van der Waals surface area contributed by atoms with E-state index in [1.165, 1.54) is 11.3 Å². The number of nitrogens with zero attached hydrogens (tertiary/aromatic N) is 1. The number of aryl methyl sites for hydroxylation is 1. The van der Waals surface area contributed by atoms with Crippen molar-refractivity contribution >= 4 is 50.4 Å². The summed E-state index contributed by atoms with van der Waals surface area (Å²) < 4.78 is 1.03. The van der Waals surface area contributed by atoms with Gasteiger partial charge in [-0.15, -0.1) is 11.3 Å². The third kappa shape index (κ3) is 2.92. The molecular weight excluding hydrogens is 332 g/mol. The summed E-state index contributed by atoms with van der Waals surface area (Å²) in [4.78, 5) is 15.6. The molecule has 1 amide bonds. The normalized spacial score (nSPS) is 16.9. The molecule has 0 radical (unpaired) electrons. The van der Waals surface area contributed by atoms with Gasteiger partial charge in [-0.1, -0.05) is 12.2 Å². The number of nitrogens with two attached hydrogens (primary N) is 1. The minimum absolute atomic E-state index is 0.121. The highest BCUT2D eigenvalue weighted by Gasteiger charge is 2.25. The van der Waals surface area contributed by atoms with Crippen LogP contribution in [0.25, 0.3) is 0 Å². The molecule has 6 heteroatoms. The lowest BCUT2D eigenvalue weighted by Crippen LogP contribution is -2.41. The van der Waals surface area contributed by atoms with Gasteiger partial charge in [0.1, 0.15) is 0 Å². The van der Waals surface area contributed by atoms with Crippen molar-refractivity contribution in [1.82, 2.24) is 4.90 Å². The van der Waals surface area contributed by atoms with Gasteiger partial charge in [0.25, 0.3) is 5.91 Å². The van der Waals surface area contributed by atoms with Crippen LogP contribution in [0.5, 0.6) is 0 Å². The van der Waals surface area contributed by atoms with E-state index in [2.05, 4.69) is 15.9 Å². The Hall–Kier alpha value is -0.460. The van der Waals surface area contributed by atoms with Crippen LogP contribution in [0.15, 0.2) is 9.85 Å². The highest BCUT2D eigenvalue weighted by atomic mass is 79.9. The van der Waals surface area contributed by atoms with Crippen molar-refractivity contribution in [3.8, 4) is 0 Å². The highest BCUT2D eigenvalue weighted by Crippen LogP contribution is 2.29. The van der Waals surface area contributed by atoms with E-state index in [0.717, 1.165) is 40.2 Å². The van der Waals surface area contributed by atoms with E-state index in [9.17, 15) is 4.79 Å². The zero-order valence-corrected chi connectivity index (χ0v) is 13.3. The van der Waals surface area contributed by atoms with Gasteiger partial charge in [-0.2, -0.15) is 0 Å². The first-order valence-electron chi connectivity index (χ1n) is 5.83. The molecule has 1 saturated heterocycles. The summed E-state index contributed by atoms with van der Waals surface area (Å²) in [6, 6.07) is 1.94. The SMILES string of the molecule is Cc1cc(C(=O)N2CCC(C(N)=S)CC2)sc1Br. The van der Waals surface area contributed by atoms with Gasteiger partial charge in [-0.05, 0) is 47.3 Å². The smallest absolute Gasteiger partial charge is 0.263 e. The number of piperidine rings is 1. The number of hydrogen-bond acceptors (Lipinski definition) is 3. The number of halogens is 1. The molecule has 1 aliphatic rings. The molecule has 1 aliphatic heterocycles. The second-order valence-corrected chi connectivity index (χ2v) is 7.38. The molecule has 2 rings (SSSR count). The van der Waals surface area contributed by atoms with Gasteiger partial charge in [0.15, 0.2) is 0 Å². The molecule has 1 fully saturated rings. The molecule has 2 heterocycles. The molecule has 18 heavy (non-hydrogen) atoms. The molecule has 0 bridgehead atoms. The standard InChI is InChI=1S/C12H15BrN2OS2/c1-7-6-9(18-10(7)13)12(16)15-4-2-8(3-5-15)11(14)17/h6,8H,2-5H2,1H3,(H2,14,17). The average Bonchev–Trinajstić information content (AvgIpc) is 2.69. The largest absolute Gasteiger partial charge is 0.393 e. The fourth-order valence-corrected chi connectivity index (χ4v) is 3.83. The van der Waals surface area contributed by atoms with Crippen LogP contribution < -0.4 is 5.73 Å². The summed E-state index contributed by atoms with van der Waals surface area (Å²) in [5.74, 6) is 0.413.